The van der Waals surface area contributed by atoms with Crippen molar-refractivity contribution < 1.29 is 23.0 Å². The summed E-state index contributed by atoms with van der Waals surface area (Å²) in [4.78, 5) is 0. The second-order valence-corrected chi connectivity index (χ2v) is 4.64. The molecule has 114 valence electrons. The van der Waals surface area contributed by atoms with Crippen LogP contribution in [0.25, 0.3) is 0 Å². The first kappa shape index (κ1) is 16.9. The third-order valence-corrected chi connectivity index (χ3v) is 3.06. The summed E-state index contributed by atoms with van der Waals surface area (Å²) in [7, 11) is 1.51. The minimum Gasteiger partial charge on any atom is -0.396 e. The summed E-state index contributed by atoms with van der Waals surface area (Å²) in [6.45, 7) is 1.96. The van der Waals surface area contributed by atoms with Gasteiger partial charge in [-0.3, -0.25) is 0 Å². The molecule has 20 heavy (non-hydrogen) atoms. The largest absolute Gasteiger partial charge is 0.416 e. The van der Waals surface area contributed by atoms with Gasteiger partial charge in [0, 0.05) is 25.8 Å². The Morgan fingerprint density at radius 1 is 1.30 bits per heavy atom. The SMILES string of the molecule is COCC(CCO)NC(C)c1ccccc1C(F)(F)F. The Kier molecular flexibility index (Phi) is 6.45. The fourth-order valence-corrected chi connectivity index (χ4v) is 2.15. The van der Waals surface area contributed by atoms with E-state index in [2.05, 4.69) is 5.32 Å². The maximum Gasteiger partial charge on any atom is 0.416 e. The van der Waals surface area contributed by atoms with Crippen LogP contribution in [0, 0.1) is 0 Å². The number of methoxy groups -OCH3 is 1. The summed E-state index contributed by atoms with van der Waals surface area (Å²) in [6.07, 6.45) is -3.95. The highest BCUT2D eigenvalue weighted by atomic mass is 19.4. The Hall–Kier alpha value is -1.11. The normalized spacial score (nSPS) is 15.1. The zero-order valence-electron chi connectivity index (χ0n) is 11.6. The van der Waals surface area contributed by atoms with Gasteiger partial charge in [-0.05, 0) is 25.0 Å². The maximum atomic E-state index is 12.9. The van der Waals surface area contributed by atoms with Gasteiger partial charge in [0.05, 0.1) is 12.2 Å². The van der Waals surface area contributed by atoms with Gasteiger partial charge in [0.2, 0.25) is 0 Å². The molecule has 2 atom stereocenters. The predicted molar refractivity (Wildman–Crippen MR) is 70.4 cm³/mol. The molecular weight excluding hydrogens is 271 g/mol. The summed E-state index contributed by atoms with van der Waals surface area (Å²) in [5, 5.41) is 12.0. The first-order valence-corrected chi connectivity index (χ1v) is 6.42. The fourth-order valence-electron chi connectivity index (χ4n) is 2.15. The van der Waals surface area contributed by atoms with Crippen molar-refractivity contribution in [3.63, 3.8) is 0 Å². The minimum absolute atomic E-state index is 0.0470. The number of benzene rings is 1. The molecular formula is C14H20F3NO2. The van der Waals surface area contributed by atoms with E-state index in [4.69, 9.17) is 9.84 Å². The second kappa shape index (κ2) is 7.61. The summed E-state index contributed by atoms with van der Waals surface area (Å²) in [5.41, 5.74) is -0.445. The number of aliphatic hydroxyl groups excluding tert-OH is 1. The summed E-state index contributed by atoms with van der Waals surface area (Å²) in [6, 6.07) is 4.81. The number of alkyl halides is 3. The summed E-state index contributed by atoms with van der Waals surface area (Å²) >= 11 is 0. The smallest absolute Gasteiger partial charge is 0.396 e. The van der Waals surface area contributed by atoms with Crippen LogP contribution in [0.4, 0.5) is 13.2 Å². The molecule has 2 N–H and O–H groups in total. The van der Waals surface area contributed by atoms with Crippen molar-refractivity contribution in [2.24, 2.45) is 0 Å². The van der Waals surface area contributed by atoms with Crippen LogP contribution in [0.5, 0.6) is 0 Å². The number of ether oxygens (including phenoxy) is 1. The lowest BCUT2D eigenvalue weighted by atomic mass is 10.00. The number of nitrogens with one attached hydrogen (secondary N) is 1. The van der Waals surface area contributed by atoms with Crippen molar-refractivity contribution in [1.29, 1.82) is 0 Å². The molecule has 0 heterocycles. The summed E-state index contributed by atoms with van der Waals surface area (Å²) in [5.74, 6) is 0. The molecule has 0 spiro atoms. The topological polar surface area (TPSA) is 41.5 Å². The highest BCUT2D eigenvalue weighted by molar-refractivity contribution is 5.32. The van der Waals surface area contributed by atoms with Gasteiger partial charge in [-0.1, -0.05) is 18.2 Å². The van der Waals surface area contributed by atoms with Crippen molar-refractivity contribution in [1.82, 2.24) is 5.32 Å². The van der Waals surface area contributed by atoms with Gasteiger partial charge in [0.1, 0.15) is 0 Å². The minimum atomic E-state index is -4.37. The van der Waals surface area contributed by atoms with Crippen LogP contribution >= 0.6 is 0 Å². The Bertz CT molecular complexity index is 404. The van der Waals surface area contributed by atoms with Gasteiger partial charge in [-0.25, -0.2) is 0 Å². The molecule has 0 fully saturated rings. The van der Waals surface area contributed by atoms with Crippen LogP contribution in [0.3, 0.4) is 0 Å². The number of hydrogen-bond donors (Lipinski definition) is 2. The molecule has 0 saturated heterocycles. The molecule has 0 aliphatic carbocycles. The molecule has 1 aromatic rings. The van der Waals surface area contributed by atoms with Gasteiger partial charge in [-0.2, -0.15) is 13.2 Å². The van der Waals surface area contributed by atoms with Crippen LogP contribution < -0.4 is 5.32 Å². The molecule has 0 aliphatic heterocycles. The number of hydrogen-bond acceptors (Lipinski definition) is 3. The van der Waals surface area contributed by atoms with Crippen LogP contribution in [0.2, 0.25) is 0 Å². The molecule has 3 nitrogen and oxygen atoms in total. The monoisotopic (exact) mass is 291 g/mol. The Morgan fingerprint density at radius 2 is 1.95 bits per heavy atom. The van der Waals surface area contributed by atoms with E-state index in [1.165, 1.54) is 19.2 Å². The Morgan fingerprint density at radius 3 is 2.50 bits per heavy atom. The highest BCUT2D eigenvalue weighted by Crippen LogP contribution is 2.34. The van der Waals surface area contributed by atoms with Crippen molar-refractivity contribution in [3.8, 4) is 0 Å². The van der Waals surface area contributed by atoms with E-state index in [-0.39, 0.29) is 18.2 Å². The van der Waals surface area contributed by atoms with Gasteiger partial charge >= 0.3 is 6.18 Å². The van der Waals surface area contributed by atoms with E-state index in [9.17, 15) is 13.2 Å². The van der Waals surface area contributed by atoms with Crippen molar-refractivity contribution in [2.75, 3.05) is 20.3 Å². The summed E-state index contributed by atoms with van der Waals surface area (Å²) < 4.78 is 43.8. The number of halogens is 3. The molecule has 1 rings (SSSR count). The molecule has 6 heteroatoms. The highest BCUT2D eigenvalue weighted by Gasteiger charge is 2.34. The van der Waals surface area contributed by atoms with Gasteiger partial charge in [0.15, 0.2) is 0 Å². The van der Waals surface area contributed by atoms with Crippen molar-refractivity contribution in [3.05, 3.63) is 35.4 Å². The van der Waals surface area contributed by atoms with E-state index < -0.39 is 17.8 Å². The molecule has 0 aromatic heterocycles. The van der Waals surface area contributed by atoms with E-state index in [1.807, 2.05) is 0 Å². The molecule has 2 unspecified atom stereocenters. The zero-order valence-corrected chi connectivity index (χ0v) is 11.6. The van der Waals surface area contributed by atoms with Crippen LogP contribution in [-0.2, 0) is 10.9 Å². The van der Waals surface area contributed by atoms with Crippen molar-refractivity contribution >= 4 is 0 Å². The lowest BCUT2D eigenvalue weighted by Gasteiger charge is -2.24. The van der Waals surface area contributed by atoms with E-state index in [0.717, 1.165) is 6.07 Å². The molecule has 0 aliphatic rings. The molecule has 0 saturated carbocycles. The molecule has 1 aromatic carbocycles. The van der Waals surface area contributed by atoms with Gasteiger partial charge in [0.25, 0.3) is 0 Å². The van der Waals surface area contributed by atoms with Crippen LogP contribution in [0.15, 0.2) is 24.3 Å². The van der Waals surface area contributed by atoms with Gasteiger partial charge in [-0.15, -0.1) is 0 Å². The average Bonchev–Trinajstić information content (AvgIpc) is 2.38. The number of aliphatic hydroxyl groups is 1. The first-order chi connectivity index (χ1) is 9.40. The zero-order chi connectivity index (χ0) is 15.2. The van der Waals surface area contributed by atoms with Gasteiger partial charge < -0.3 is 15.2 Å². The third kappa shape index (κ3) is 4.77. The molecule has 0 radical (unpaired) electrons. The first-order valence-electron chi connectivity index (χ1n) is 6.42. The Balaban J connectivity index is 2.88. The second-order valence-electron chi connectivity index (χ2n) is 4.64. The van der Waals surface area contributed by atoms with E-state index >= 15 is 0 Å². The lowest BCUT2D eigenvalue weighted by molar-refractivity contribution is -0.138. The third-order valence-electron chi connectivity index (χ3n) is 3.06. The quantitative estimate of drug-likeness (QED) is 0.811. The van der Waals surface area contributed by atoms with Crippen LogP contribution in [0.1, 0.15) is 30.5 Å². The standard InChI is InChI=1S/C14H20F3NO2/c1-10(18-11(7-8-19)9-20-2)12-5-3-4-6-13(12)14(15,16)17/h3-6,10-11,18-19H,7-9H2,1-2H3. The van der Waals surface area contributed by atoms with Crippen molar-refractivity contribution in [2.45, 2.75) is 31.6 Å². The Labute approximate surface area is 116 Å². The van der Waals surface area contributed by atoms with Crippen LogP contribution in [-0.4, -0.2) is 31.5 Å². The lowest BCUT2D eigenvalue weighted by Crippen LogP contribution is -2.36. The van der Waals surface area contributed by atoms with E-state index in [1.54, 1.807) is 13.0 Å². The molecule has 0 bridgehead atoms. The van der Waals surface area contributed by atoms with E-state index in [0.29, 0.717) is 13.0 Å². The maximum absolute atomic E-state index is 12.9. The fraction of sp³-hybridized carbons (Fsp3) is 0.571. The number of rotatable bonds is 7. The molecule has 0 amide bonds. The average molecular weight is 291 g/mol. The predicted octanol–water partition coefficient (Wildman–Crippen LogP) is 2.75.